The number of nitrogens with one attached hydrogen (secondary N) is 1. The maximum atomic E-state index is 13.2. The van der Waals surface area contributed by atoms with E-state index >= 15 is 0 Å². The first kappa shape index (κ1) is 22.8. The molecule has 4 rings (SSSR count). The molecule has 1 saturated heterocycles. The summed E-state index contributed by atoms with van der Waals surface area (Å²) in [5.41, 5.74) is 2.21. The maximum absolute atomic E-state index is 13.2. The highest BCUT2D eigenvalue weighted by Crippen LogP contribution is 2.37. The Kier molecular flexibility index (Phi) is 6.88. The molecule has 170 valence electrons. The number of carbonyl (C=O) groups excluding carboxylic acids is 2. The molecule has 7 nitrogen and oxygen atoms in total. The molecule has 0 atom stereocenters. The number of hydrogen-bond acceptors (Lipinski definition) is 5. The molecule has 32 heavy (non-hydrogen) atoms. The number of thioether (sulfide) groups is 1. The van der Waals surface area contributed by atoms with E-state index in [1.165, 1.54) is 21.0 Å². The van der Waals surface area contributed by atoms with E-state index in [0.29, 0.717) is 24.5 Å². The first-order valence-electron chi connectivity index (χ1n) is 10.8. The van der Waals surface area contributed by atoms with Crippen LogP contribution in [0.1, 0.15) is 31.2 Å². The molecular formula is C23H27N3O4S2. The van der Waals surface area contributed by atoms with Crippen LogP contribution in [0.4, 0.5) is 11.4 Å². The lowest BCUT2D eigenvalue weighted by Crippen LogP contribution is -2.41. The second kappa shape index (κ2) is 9.64. The average Bonchev–Trinajstić information content (AvgIpc) is 3.07. The van der Waals surface area contributed by atoms with Gasteiger partial charge in [-0.1, -0.05) is 30.5 Å². The highest BCUT2D eigenvalue weighted by molar-refractivity contribution is 8.00. The normalized spacial score (nSPS) is 17.5. The lowest BCUT2D eigenvalue weighted by molar-refractivity contribution is -0.120. The van der Waals surface area contributed by atoms with E-state index in [9.17, 15) is 18.0 Å². The van der Waals surface area contributed by atoms with Crippen molar-refractivity contribution in [3.63, 3.8) is 0 Å². The van der Waals surface area contributed by atoms with Crippen LogP contribution in [0, 0.1) is 6.92 Å². The maximum Gasteiger partial charge on any atom is 0.244 e. The highest BCUT2D eigenvalue weighted by Gasteiger charge is 2.31. The van der Waals surface area contributed by atoms with Gasteiger partial charge in [0.05, 0.1) is 16.3 Å². The van der Waals surface area contributed by atoms with E-state index < -0.39 is 10.0 Å². The summed E-state index contributed by atoms with van der Waals surface area (Å²) >= 11 is 1.36. The van der Waals surface area contributed by atoms with Gasteiger partial charge in [0.1, 0.15) is 6.54 Å². The van der Waals surface area contributed by atoms with Crippen molar-refractivity contribution in [3.05, 3.63) is 48.0 Å². The van der Waals surface area contributed by atoms with Crippen molar-refractivity contribution in [2.45, 2.75) is 42.4 Å². The van der Waals surface area contributed by atoms with Gasteiger partial charge in [0.2, 0.25) is 21.8 Å². The zero-order valence-corrected chi connectivity index (χ0v) is 19.7. The number of carbonyl (C=O) groups is 2. The molecule has 2 amide bonds. The largest absolute Gasteiger partial charge is 0.325 e. The van der Waals surface area contributed by atoms with Crippen LogP contribution in [0.15, 0.2) is 52.3 Å². The van der Waals surface area contributed by atoms with Crippen LogP contribution in [0.2, 0.25) is 0 Å². The molecule has 0 radical (unpaired) electrons. The summed E-state index contributed by atoms with van der Waals surface area (Å²) in [5, 5.41) is 2.81. The van der Waals surface area contributed by atoms with Gasteiger partial charge in [-0.25, -0.2) is 8.42 Å². The number of hydrogen-bond donors (Lipinski definition) is 1. The summed E-state index contributed by atoms with van der Waals surface area (Å²) in [6.07, 6.45) is 3.77. The Morgan fingerprint density at radius 3 is 2.41 bits per heavy atom. The monoisotopic (exact) mass is 473 g/mol. The standard InChI is InChI=1S/C23H27N3O4S2/c1-17-6-8-18(9-7-17)24-22(27)15-26-20-14-19(10-11-21(20)31-16-23(26)28)32(29,30)25-12-4-2-3-5-13-25/h6-11,14H,2-5,12-13,15-16H2,1H3,(H,24,27). The molecule has 2 aromatic carbocycles. The molecular weight excluding hydrogens is 446 g/mol. The molecule has 9 heteroatoms. The Labute approximate surface area is 193 Å². The van der Waals surface area contributed by atoms with Crippen molar-refractivity contribution >= 4 is 45.0 Å². The van der Waals surface area contributed by atoms with Gasteiger partial charge >= 0.3 is 0 Å². The molecule has 2 aliphatic heterocycles. The number of rotatable bonds is 5. The molecule has 0 aliphatic carbocycles. The Bertz CT molecular complexity index is 1110. The Morgan fingerprint density at radius 1 is 1.03 bits per heavy atom. The minimum atomic E-state index is -3.66. The van der Waals surface area contributed by atoms with E-state index in [1.54, 1.807) is 30.3 Å². The van der Waals surface area contributed by atoms with Crippen molar-refractivity contribution in [1.29, 1.82) is 0 Å². The van der Waals surface area contributed by atoms with Crippen molar-refractivity contribution in [2.75, 3.05) is 35.6 Å². The van der Waals surface area contributed by atoms with E-state index in [0.717, 1.165) is 36.1 Å². The number of sulfonamides is 1. The molecule has 2 aliphatic rings. The highest BCUT2D eigenvalue weighted by atomic mass is 32.2. The average molecular weight is 474 g/mol. The predicted octanol–water partition coefficient (Wildman–Crippen LogP) is 3.64. The SMILES string of the molecule is Cc1ccc(NC(=O)CN2C(=O)CSc3ccc(S(=O)(=O)N4CCCCCC4)cc32)cc1. The first-order valence-corrected chi connectivity index (χ1v) is 13.2. The molecule has 0 bridgehead atoms. The van der Waals surface area contributed by atoms with Gasteiger partial charge < -0.3 is 10.2 Å². The Balaban J connectivity index is 1.58. The Morgan fingerprint density at radius 2 is 1.72 bits per heavy atom. The molecule has 0 aromatic heterocycles. The quantitative estimate of drug-likeness (QED) is 0.717. The summed E-state index contributed by atoms with van der Waals surface area (Å²) in [6, 6.07) is 12.3. The lowest BCUT2D eigenvalue weighted by atomic mass is 10.2. The molecule has 0 spiro atoms. The van der Waals surface area contributed by atoms with E-state index in [4.69, 9.17) is 0 Å². The molecule has 0 unspecified atom stereocenters. The van der Waals surface area contributed by atoms with Crippen LogP contribution in [0.5, 0.6) is 0 Å². The summed E-state index contributed by atoms with van der Waals surface area (Å²) in [5.74, 6) is -0.338. The third-order valence-corrected chi connectivity index (χ3v) is 8.66. The van der Waals surface area contributed by atoms with Gasteiger partial charge in [-0.15, -0.1) is 11.8 Å². The lowest BCUT2D eigenvalue weighted by Gasteiger charge is -2.29. The van der Waals surface area contributed by atoms with Crippen LogP contribution in [-0.4, -0.2) is 49.9 Å². The van der Waals surface area contributed by atoms with Crippen molar-refractivity contribution in [2.24, 2.45) is 0 Å². The number of fused-ring (bicyclic) bond motifs is 1. The van der Waals surface area contributed by atoms with Crippen molar-refractivity contribution < 1.29 is 18.0 Å². The van der Waals surface area contributed by atoms with Crippen LogP contribution in [0.3, 0.4) is 0 Å². The summed E-state index contributed by atoms with van der Waals surface area (Å²) in [4.78, 5) is 27.7. The Hall–Kier alpha value is -2.36. The van der Waals surface area contributed by atoms with Crippen LogP contribution < -0.4 is 10.2 Å². The zero-order valence-electron chi connectivity index (χ0n) is 18.0. The number of amides is 2. The minimum absolute atomic E-state index is 0.164. The fourth-order valence-corrected chi connectivity index (χ4v) is 6.38. The smallest absolute Gasteiger partial charge is 0.244 e. The van der Waals surface area contributed by atoms with Gasteiger partial charge in [0.15, 0.2) is 0 Å². The number of anilines is 2. The summed E-state index contributed by atoms with van der Waals surface area (Å²) in [7, 11) is -3.66. The van der Waals surface area contributed by atoms with Crippen molar-refractivity contribution in [1.82, 2.24) is 4.31 Å². The first-order chi connectivity index (χ1) is 15.3. The van der Waals surface area contributed by atoms with Gasteiger partial charge in [0, 0.05) is 23.7 Å². The van der Waals surface area contributed by atoms with Crippen LogP contribution in [0.25, 0.3) is 0 Å². The molecule has 2 heterocycles. The summed E-state index contributed by atoms with van der Waals surface area (Å²) in [6.45, 7) is 2.81. The zero-order chi connectivity index (χ0) is 22.7. The molecule has 2 aromatic rings. The van der Waals surface area contributed by atoms with Crippen LogP contribution in [-0.2, 0) is 19.6 Å². The fraction of sp³-hybridized carbons (Fsp3) is 0.391. The van der Waals surface area contributed by atoms with E-state index in [2.05, 4.69) is 5.32 Å². The summed E-state index contributed by atoms with van der Waals surface area (Å²) < 4.78 is 28.0. The molecule has 0 saturated carbocycles. The topological polar surface area (TPSA) is 86.8 Å². The predicted molar refractivity (Wildman–Crippen MR) is 127 cm³/mol. The second-order valence-electron chi connectivity index (χ2n) is 8.13. The van der Waals surface area contributed by atoms with Gasteiger partial charge in [-0.05, 0) is 50.1 Å². The third kappa shape index (κ3) is 5.00. The van der Waals surface area contributed by atoms with E-state index in [-0.39, 0.29) is 29.0 Å². The minimum Gasteiger partial charge on any atom is -0.325 e. The molecule has 1 fully saturated rings. The number of aryl methyl sites for hydroxylation is 1. The van der Waals surface area contributed by atoms with E-state index in [1.807, 2.05) is 19.1 Å². The number of benzene rings is 2. The van der Waals surface area contributed by atoms with Gasteiger partial charge in [-0.2, -0.15) is 4.31 Å². The number of nitrogens with zero attached hydrogens (tertiary/aromatic N) is 2. The van der Waals surface area contributed by atoms with Crippen molar-refractivity contribution in [3.8, 4) is 0 Å². The fourth-order valence-electron chi connectivity index (χ4n) is 3.93. The van der Waals surface area contributed by atoms with Crippen LogP contribution >= 0.6 is 11.8 Å². The van der Waals surface area contributed by atoms with Gasteiger partial charge in [0.25, 0.3) is 0 Å². The third-order valence-electron chi connectivity index (χ3n) is 5.71. The second-order valence-corrected chi connectivity index (χ2v) is 11.1. The van der Waals surface area contributed by atoms with Gasteiger partial charge in [-0.3, -0.25) is 9.59 Å². The molecule has 1 N–H and O–H groups in total.